The van der Waals surface area contributed by atoms with E-state index in [1.165, 1.54) is 11.3 Å². The first-order valence-electron chi connectivity index (χ1n) is 11.4. The molecule has 5 heterocycles. The molecule has 0 aromatic carbocycles. The van der Waals surface area contributed by atoms with Crippen molar-refractivity contribution in [3.63, 3.8) is 0 Å². The van der Waals surface area contributed by atoms with Gasteiger partial charge in [-0.25, -0.2) is 4.52 Å². The third-order valence-corrected chi connectivity index (χ3v) is 6.77. The van der Waals surface area contributed by atoms with Gasteiger partial charge >= 0.3 is 0 Å². The van der Waals surface area contributed by atoms with Crippen molar-refractivity contribution in [2.24, 2.45) is 0 Å². The summed E-state index contributed by atoms with van der Waals surface area (Å²) in [4.78, 5) is 18.3. The van der Waals surface area contributed by atoms with E-state index in [1.807, 2.05) is 24.4 Å². The molecule has 0 radical (unpaired) electrons. The number of carbonyl (C=O) groups is 1. The number of anilines is 2. The van der Waals surface area contributed by atoms with Crippen molar-refractivity contribution in [1.82, 2.24) is 30.1 Å². The summed E-state index contributed by atoms with van der Waals surface area (Å²) in [6.45, 7) is 7.26. The van der Waals surface area contributed by atoms with Crippen LogP contribution in [-0.4, -0.2) is 55.9 Å². The number of rotatable bonds is 6. The van der Waals surface area contributed by atoms with E-state index in [-0.39, 0.29) is 18.0 Å². The number of carbonyl (C=O) groups excluding carboxylic acids is 1. The van der Waals surface area contributed by atoms with Gasteiger partial charge in [-0.15, -0.1) is 10.2 Å². The third-order valence-electron chi connectivity index (χ3n) is 5.75. The molecule has 4 aromatic rings. The van der Waals surface area contributed by atoms with E-state index >= 15 is 0 Å². The highest BCUT2D eigenvalue weighted by atomic mass is 32.1. The van der Waals surface area contributed by atoms with E-state index in [2.05, 4.69) is 50.7 Å². The highest BCUT2D eigenvalue weighted by Gasteiger charge is 2.26. The molecule has 1 atom stereocenters. The lowest BCUT2D eigenvalue weighted by Gasteiger charge is -2.15. The Morgan fingerprint density at radius 1 is 1.26 bits per heavy atom. The van der Waals surface area contributed by atoms with E-state index in [0.29, 0.717) is 5.56 Å². The Labute approximate surface area is 206 Å². The van der Waals surface area contributed by atoms with Crippen LogP contribution in [0, 0.1) is 11.3 Å². The number of hydrogen-bond donors (Lipinski definition) is 2. The number of nitriles is 1. The molecule has 0 spiro atoms. The van der Waals surface area contributed by atoms with E-state index in [4.69, 9.17) is 10.2 Å². The molecule has 11 heteroatoms. The van der Waals surface area contributed by atoms with Crippen molar-refractivity contribution in [3.05, 3.63) is 42.2 Å². The molecule has 1 aliphatic rings. The fraction of sp³-hybridized carbons (Fsp3) is 0.333. The summed E-state index contributed by atoms with van der Waals surface area (Å²) in [6, 6.07) is 10.1. The molecule has 0 unspecified atom stereocenters. The molecule has 0 aliphatic carbocycles. The minimum Gasteiger partial charge on any atom is -0.382 e. The van der Waals surface area contributed by atoms with Crippen molar-refractivity contribution in [1.29, 1.82) is 5.26 Å². The molecule has 2 N–H and O–H groups in total. The summed E-state index contributed by atoms with van der Waals surface area (Å²) in [5.41, 5.74) is 4.73. The van der Waals surface area contributed by atoms with Gasteiger partial charge in [-0.2, -0.15) is 10.4 Å². The molecule has 1 amide bonds. The zero-order valence-corrected chi connectivity index (χ0v) is 20.5. The number of nitrogens with zero attached hydrogens (tertiary/aromatic N) is 7. The Hall–Kier alpha value is -4.04. The first-order chi connectivity index (χ1) is 16.9. The number of aromatic nitrogens is 5. The molecular weight excluding hydrogens is 462 g/mol. The van der Waals surface area contributed by atoms with Gasteiger partial charge in [-0.1, -0.05) is 11.3 Å². The lowest BCUT2D eigenvalue weighted by Crippen LogP contribution is -2.35. The minimum absolute atomic E-state index is 0.0122. The largest absolute Gasteiger partial charge is 0.382 e. The fourth-order valence-electron chi connectivity index (χ4n) is 4.24. The Bertz CT molecular complexity index is 1430. The summed E-state index contributed by atoms with van der Waals surface area (Å²) >= 11 is 1.52. The summed E-state index contributed by atoms with van der Waals surface area (Å²) in [6.07, 6.45) is 4.26. The van der Waals surface area contributed by atoms with E-state index in [1.54, 1.807) is 23.7 Å². The van der Waals surface area contributed by atoms with E-state index in [0.717, 1.165) is 57.8 Å². The van der Waals surface area contributed by atoms with Crippen molar-refractivity contribution in [2.75, 3.05) is 23.3 Å². The van der Waals surface area contributed by atoms with Crippen LogP contribution in [0.4, 0.5) is 10.8 Å². The second-order valence-corrected chi connectivity index (χ2v) is 9.80. The first-order valence-corrected chi connectivity index (χ1v) is 12.2. The predicted octanol–water partition coefficient (Wildman–Crippen LogP) is 3.32. The van der Waals surface area contributed by atoms with Crippen molar-refractivity contribution in [3.8, 4) is 28.0 Å². The molecule has 1 fully saturated rings. The quantitative estimate of drug-likeness (QED) is 0.424. The summed E-state index contributed by atoms with van der Waals surface area (Å²) in [5.74, 6) is -0.0122. The van der Waals surface area contributed by atoms with Gasteiger partial charge in [0.2, 0.25) is 11.0 Å². The van der Waals surface area contributed by atoms with E-state index < -0.39 is 0 Å². The van der Waals surface area contributed by atoms with Gasteiger partial charge in [-0.05, 0) is 44.5 Å². The minimum atomic E-state index is -0.0122. The second-order valence-electron chi connectivity index (χ2n) is 8.85. The topological polar surface area (TPSA) is 124 Å². The average molecular weight is 488 g/mol. The van der Waals surface area contributed by atoms with Crippen LogP contribution in [0.2, 0.25) is 0 Å². The van der Waals surface area contributed by atoms with Crippen molar-refractivity contribution < 1.29 is 4.79 Å². The summed E-state index contributed by atoms with van der Waals surface area (Å²) < 4.78 is 1.78. The Morgan fingerprint density at radius 3 is 2.89 bits per heavy atom. The SMILES string of the molecule is CC(=O)N[C@@H]1CCN(c2nnc(-c3cnc(-c4ccc5cc(C#N)cnn45)cc3NC(C)C)s2)C1. The highest BCUT2D eigenvalue weighted by Crippen LogP contribution is 2.36. The van der Waals surface area contributed by atoms with Gasteiger partial charge in [0.15, 0.2) is 5.01 Å². The molecular formula is C24H25N9OS. The van der Waals surface area contributed by atoms with Gasteiger partial charge in [0.1, 0.15) is 6.07 Å². The normalized spacial score (nSPS) is 15.5. The predicted molar refractivity (Wildman–Crippen MR) is 135 cm³/mol. The van der Waals surface area contributed by atoms with Crippen molar-refractivity contribution >= 4 is 33.6 Å². The smallest absolute Gasteiger partial charge is 0.217 e. The molecule has 178 valence electrons. The zero-order valence-electron chi connectivity index (χ0n) is 19.7. The van der Waals surface area contributed by atoms with Crippen LogP contribution < -0.4 is 15.5 Å². The first kappa shape index (κ1) is 22.7. The van der Waals surface area contributed by atoms with Gasteiger partial charge in [-0.3, -0.25) is 9.78 Å². The lowest BCUT2D eigenvalue weighted by atomic mass is 10.1. The lowest BCUT2D eigenvalue weighted by molar-refractivity contribution is -0.119. The second kappa shape index (κ2) is 9.31. The Kier molecular flexibility index (Phi) is 6.05. The van der Waals surface area contributed by atoms with Crippen LogP contribution in [0.15, 0.2) is 36.7 Å². The van der Waals surface area contributed by atoms with Crippen LogP contribution in [0.5, 0.6) is 0 Å². The molecule has 5 rings (SSSR count). The van der Waals surface area contributed by atoms with Crippen LogP contribution in [-0.2, 0) is 4.79 Å². The number of amides is 1. The van der Waals surface area contributed by atoms with Crippen LogP contribution >= 0.6 is 11.3 Å². The average Bonchev–Trinajstić information content (AvgIpc) is 3.57. The Morgan fingerprint density at radius 2 is 2.11 bits per heavy atom. The number of pyridine rings is 1. The summed E-state index contributed by atoms with van der Waals surface area (Å²) in [5, 5.41) is 30.6. The van der Waals surface area contributed by atoms with Gasteiger partial charge < -0.3 is 15.5 Å². The van der Waals surface area contributed by atoms with Gasteiger partial charge in [0.25, 0.3) is 0 Å². The molecule has 0 bridgehead atoms. The number of nitrogens with one attached hydrogen (secondary N) is 2. The Balaban J connectivity index is 1.46. The fourth-order valence-corrected chi connectivity index (χ4v) is 5.15. The molecule has 35 heavy (non-hydrogen) atoms. The maximum atomic E-state index is 11.4. The standard InChI is InChI=1S/C24H25N9OS/c1-14(2)28-20-9-21(22-5-4-18-8-16(10-25)11-27-33(18)22)26-12-19(20)23-30-31-24(35-23)32-7-6-17(13-32)29-15(3)34/h4-5,8-9,11-12,14,17H,6-7,13H2,1-3H3,(H,26,28)(H,29,34)/t17-/m1/s1. The number of fused-ring (bicyclic) bond motifs is 1. The molecule has 1 aliphatic heterocycles. The molecule has 10 nitrogen and oxygen atoms in total. The maximum Gasteiger partial charge on any atom is 0.217 e. The van der Waals surface area contributed by atoms with Crippen molar-refractivity contribution in [2.45, 2.75) is 39.3 Å². The van der Waals surface area contributed by atoms with E-state index in [9.17, 15) is 4.79 Å². The van der Waals surface area contributed by atoms with Crippen LogP contribution in [0.25, 0.3) is 27.5 Å². The molecule has 0 saturated carbocycles. The van der Waals surface area contributed by atoms with Gasteiger partial charge in [0.05, 0.1) is 34.2 Å². The molecule has 1 saturated heterocycles. The number of hydrogen-bond acceptors (Lipinski definition) is 9. The monoisotopic (exact) mass is 487 g/mol. The summed E-state index contributed by atoms with van der Waals surface area (Å²) in [7, 11) is 0. The third kappa shape index (κ3) is 4.65. The maximum absolute atomic E-state index is 11.4. The highest BCUT2D eigenvalue weighted by molar-refractivity contribution is 7.18. The molecule has 4 aromatic heterocycles. The van der Waals surface area contributed by atoms with Gasteiger partial charge in [0, 0.05) is 44.0 Å². The van der Waals surface area contributed by atoms with Crippen LogP contribution in [0.3, 0.4) is 0 Å². The van der Waals surface area contributed by atoms with Crippen LogP contribution in [0.1, 0.15) is 32.8 Å². The zero-order chi connectivity index (χ0) is 24.5.